The Bertz CT molecular complexity index is 785. The van der Waals surface area contributed by atoms with Crippen molar-refractivity contribution in [2.45, 2.75) is 6.92 Å². The van der Waals surface area contributed by atoms with E-state index < -0.39 is 5.97 Å². The van der Waals surface area contributed by atoms with Gasteiger partial charge < -0.3 is 10.4 Å². The van der Waals surface area contributed by atoms with E-state index in [4.69, 9.17) is 16.7 Å². The van der Waals surface area contributed by atoms with Crippen LogP contribution in [0.1, 0.15) is 22.8 Å². The lowest BCUT2D eigenvalue weighted by molar-refractivity contribution is -0.112. The summed E-state index contributed by atoms with van der Waals surface area (Å²) in [4.78, 5) is 23.3. The quantitative estimate of drug-likeness (QED) is 0.729. The second-order valence-electron chi connectivity index (χ2n) is 4.81. The summed E-state index contributed by atoms with van der Waals surface area (Å²) in [5, 5.41) is 11.7. The van der Waals surface area contributed by atoms with Crippen LogP contribution < -0.4 is 5.32 Å². The van der Waals surface area contributed by atoms with Crippen LogP contribution in [0.3, 0.4) is 0 Å². The molecule has 1 amide bonds. The highest BCUT2D eigenvalue weighted by Gasteiger charge is 2.14. The summed E-state index contributed by atoms with van der Waals surface area (Å²) in [7, 11) is 0. The highest BCUT2D eigenvalue weighted by Crippen LogP contribution is 2.26. The molecule has 2 aromatic rings. The van der Waals surface area contributed by atoms with Crippen molar-refractivity contribution in [3.8, 4) is 0 Å². The number of benzene rings is 2. The predicted octanol–water partition coefficient (Wildman–Crippen LogP) is 4.84. The van der Waals surface area contributed by atoms with Gasteiger partial charge in [0.15, 0.2) is 0 Å². The Morgan fingerprint density at radius 2 is 1.83 bits per heavy atom. The van der Waals surface area contributed by atoms with E-state index in [0.29, 0.717) is 5.57 Å². The third-order valence-electron chi connectivity index (χ3n) is 3.09. The van der Waals surface area contributed by atoms with Gasteiger partial charge in [-0.25, -0.2) is 4.79 Å². The summed E-state index contributed by atoms with van der Waals surface area (Å²) in [5.74, 6) is -1.49. The molecule has 0 unspecified atom stereocenters. The third kappa shape index (κ3) is 4.43. The van der Waals surface area contributed by atoms with Gasteiger partial charge in [0, 0.05) is 10.0 Å². The van der Waals surface area contributed by atoms with Gasteiger partial charge >= 0.3 is 5.97 Å². The minimum absolute atomic E-state index is 0.00444. The van der Waals surface area contributed by atoms with Crippen molar-refractivity contribution < 1.29 is 14.7 Å². The van der Waals surface area contributed by atoms with Crippen LogP contribution in [0.4, 0.5) is 5.69 Å². The number of anilines is 1. The van der Waals surface area contributed by atoms with Crippen LogP contribution in [0.2, 0.25) is 5.02 Å². The molecule has 0 heterocycles. The summed E-state index contributed by atoms with van der Waals surface area (Å²) in [6.07, 6.45) is 1.73. The Morgan fingerprint density at radius 1 is 1.17 bits per heavy atom. The van der Waals surface area contributed by atoms with Gasteiger partial charge in [-0.1, -0.05) is 45.7 Å². The molecule has 0 atom stereocenters. The molecule has 0 aliphatic carbocycles. The maximum atomic E-state index is 12.2. The van der Waals surface area contributed by atoms with E-state index in [9.17, 15) is 9.59 Å². The molecule has 2 aromatic carbocycles. The smallest absolute Gasteiger partial charge is 0.337 e. The molecular formula is C17H13BrClNO3. The molecule has 4 nitrogen and oxygen atoms in total. The van der Waals surface area contributed by atoms with Crippen LogP contribution >= 0.6 is 27.5 Å². The van der Waals surface area contributed by atoms with Crippen LogP contribution in [-0.4, -0.2) is 17.0 Å². The fraction of sp³-hybridized carbons (Fsp3) is 0.0588. The number of carbonyl (C=O) groups is 2. The van der Waals surface area contributed by atoms with Crippen LogP contribution in [0.5, 0.6) is 0 Å². The lowest BCUT2D eigenvalue weighted by Gasteiger charge is -2.09. The van der Waals surface area contributed by atoms with Crippen LogP contribution in [0, 0.1) is 0 Å². The summed E-state index contributed by atoms with van der Waals surface area (Å²) in [6.45, 7) is 1.67. The Balaban J connectivity index is 2.20. The van der Waals surface area contributed by atoms with Gasteiger partial charge in [0.05, 0.1) is 16.3 Å². The molecule has 0 fully saturated rings. The first kappa shape index (κ1) is 17.2. The Labute approximate surface area is 146 Å². The van der Waals surface area contributed by atoms with Gasteiger partial charge in [0.1, 0.15) is 0 Å². The first-order valence-electron chi connectivity index (χ1n) is 6.65. The minimum atomic E-state index is -1.15. The second kappa shape index (κ2) is 7.44. The first-order valence-corrected chi connectivity index (χ1v) is 7.82. The zero-order chi connectivity index (χ0) is 17.0. The summed E-state index contributed by atoms with van der Waals surface area (Å²) >= 11 is 9.36. The minimum Gasteiger partial charge on any atom is -0.478 e. The van der Waals surface area contributed by atoms with Crippen molar-refractivity contribution >= 4 is 51.2 Å². The van der Waals surface area contributed by atoms with Gasteiger partial charge in [-0.05, 0) is 42.8 Å². The number of carboxylic acid groups (broad SMARTS) is 1. The molecule has 2 rings (SSSR count). The number of halogens is 2. The highest BCUT2D eigenvalue weighted by molar-refractivity contribution is 9.10. The maximum absolute atomic E-state index is 12.2. The average molecular weight is 395 g/mol. The van der Waals surface area contributed by atoms with Gasteiger partial charge in [0.2, 0.25) is 0 Å². The zero-order valence-electron chi connectivity index (χ0n) is 12.1. The second-order valence-corrected chi connectivity index (χ2v) is 6.10. The predicted molar refractivity (Wildman–Crippen MR) is 94.8 cm³/mol. The van der Waals surface area contributed by atoms with Crippen molar-refractivity contribution in [1.82, 2.24) is 0 Å². The van der Waals surface area contributed by atoms with Crippen LogP contribution in [0.15, 0.2) is 52.5 Å². The van der Waals surface area contributed by atoms with Crippen LogP contribution in [-0.2, 0) is 4.79 Å². The molecule has 0 saturated heterocycles. The number of amides is 1. The zero-order valence-corrected chi connectivity index (χ0v) is 14.5. The van der Waals surface area contributed by atoms with Gasteiger partial charge in [0.25, 0.3) is 5.91 Å². The molecule has 2 N–H and O–H groups in total. The van der Waals surface area contributed by atoms with Crippen molar-refractivity contribution in [2.24, 2.45) is 0 Å². The fourth-order valence-corrected chi connectivity index (χ4v) is 2.41. The van der Waals surface area contributed by atoms with E-state index in [1.807, 2.05) is 24.3 Å². The van der Waals surface area contributed by atoms with E-state index in [-0.39, 0.29) is 22.2 Å². The topological polar surface area (TPSA) is 66.4 Å². The van der Waals surface area contributed by atoms with Crippen LogP contribution in [0.25, 0.3) is 6.08 Å². The van der Waals surface area contributed by atoms with E-state index in [0.717, 1.165) is 10.0 Å². The normalized spacial score (nSPS) is 11.2. The summed E-state index contributed by atoms with van der Waals surface area (Å²) in [5.41, 5.74) is 1.56. The van der Waals surface area contributed by atoms with Crippen molar-refractivity contribution in [2.75, 3.05) is 5.32 Å². The molecule has 0 saturated carbocycles. The van der Waals surface area contributed by atoms with E-state index in [1.54, 1.807) is 19.1 Å². The standard InChI is InChI=1S/C17H13BrClNO3/c1-10(9-11-5-7-12(18)8-6-11)16(21)20-14-4-2-3-13(15(14)19)17(22)23/h2-9H,1H3,(H,20,21)(H,22,23). The van der Waals surface area contributed by atoms with Crippen molar-refractivity contribution in [3.63, 3.8) is 0 Å². The molecule has 23 heavy (non-hydrogen) atoms. The number of carbonyl (C=O) groups excluding carboxylic acids is 1. The Hall–Kier alpha value is -2.11. The Morgan fingerprint density at radius 3 is 2.43 bits per heavy atom. The molecule has 0 aliphatic rings. The summed E-state index contributed by atoms with van der Waals surface area (Å²) < 4.78 is 0.953. The monoisotopic (exact) mass is 393 g/mol. The molecule has 6 heteroatoms. The van der Waals surface area contributed by atoms with Crippen molar-refractivity contribution in [1.29, 1.82) is 0 Å². The van der Waals surface area contributed by atoms with Gasteiger partial charge in [-0.3, -0.25) is 4.79 Å². The number of hydrogen-bond donors (Lipinski definition) is 2. The molecule has 0 bridgehead atoms. The number of carboxylic acids is 1. The maximum Gasteiger partial charge on any atom is 0.337 e. The molecular weight excluding hydrogens is 382 g/mol. The SMILES string of the molecule is CC(=Cc1ccc(Br)cc1)C(=O)Nc1cccc(C(=O)O)c1Cl. The average Bonchev–Trinajstić information content (AvgIpc) is 2.51. The van der Waals surface area contributed by atoms with Gasteiger partial charge in [-0.15, -0.1) is 0 Å². The molecule has 0 aliphatic heterocycles. The number of hydrogen-bond acceptors (Lipinski definition) is 2. The molecule has 0 radical (unpaired) electrons. The van der Waals surface area contributed by atoms with Gasteiger partial charge in [-0.2, -0.15) is 0 Å². The lowest BCUT2D eigenvalue weighted by atomic mass is 10.1. The lowest BCUT2D eigenvalue weighted by Crippen LogP contribution is -2.13. The molecule has 0 spiro atoms. The number of rotatable bonds is 4. The largest absolute Gasteiger partial charge is 0.478 e. The fourth-order valence-electron chi connectivity index (χ4n) is 1.89. The molecule has 118 valence electrons. The number of nitrogens with one attached hydrogen (secondary N) is 1. The van der Waals surface area contributed by atoms with E-state index in [2.05, 4.69) is 21.2 Å². The van der Waals surface area contributed by atoms with E-state index in [1.165, 1.54) is 12.1 Å². The molecule has 0 aromatic heterocycles. The first-order chi connectivity index (χ1) is 10.9. The summed E-state index contributed by atoms with van der Waals surface area (Å²) in [6, 6.07) is 12.0. The Kier molecular flexibility index (Phi) is 5.58. The van der Waals surface area contributed by atoms with Crippen molar-refractivity contribution in [3.05, 3.63) is 68.7 Å². The highest BCUT2D eigenvalue weighted by atomic mass is 79.9. The number of aromatic carboxylic acids is 1. The van der Waals surface area contributed by atoms with E-state index >= 15 is 0 Å². The third-order valence-corrected chi connectivity index (χ3v) is 4.02.